The topological polar surface area (TPSA) is 51.0 Å². The number of halogens is 1. The number of hydrogen-bond donors (Lipinski definition) is 1. The number of aryl methyl sites for hydroxylation is 2. The molecule has 3 rings (SSSR count). The van der Waals surface area contributed by atoms with Crippen molar-refractivity contribution in [3.63, 3.8) is 0 Å². The zero-order chi connectivity index (χ0) is 13.2. The van der Waals surface area contributed by atoms with E-state index in [-0.39, 0.29) is 12.4 Å². The molecule has 20 heavy (non-hydrogen) atoms. The van der Waals surface area contributed by atoms with Crippen molar-refractivity contribution in [2.24, 2.45) is 0 Å². The fourth-order valence-electron chi connectivity index (χ4n) is 2.41. The molecule has 0 bridgehead atoms. The molecule has 0 fully saturated rings. The third-order valence-corrected chi connectivity index (χ3v) is 4.88. The molecule has 2 aromatic heterocycles. The number of hydrogen-bond acceptors (Lipinski definition) is 5. The number of fused-ring (bicyclic) bond motifs is 1. The molecule has 0 aromatic carbocycles. The number of thiophene rings is 1. The summed E-state index contributed by atoms with van der Waals surface area (Å²) in [6.07, 6.45) is 5.81. The number of aromatic nitrogens is 2. The molecule has 110 valence electrons. The lowest BCUT2D eigenvalue weighted by molar-refractivity contribution is 0.419. The van der Waals surface area contributed by atoms with E-state index >= 15 is 0 Å². The standard InChI is InChI=1S/C14H19N3OS.ClH/c1-9(15-2)7-13-16-14(18-17-13)12-8-10-5-3-4-6-11(10)19-12;/h8-9,15H,3-7H2,1-2H3;1H. The van der Waals surface area contributed by atoms with Crippen molar-refractivity contribution < 1.29 is 4.52 Å². The van der Waals surface area contributed by atoms with Gasteiger partial charge in [0, 0.05) is 17.3 Å². The molecule has 1 unspecified atom stereocenters. The van der Waals surface area contributed by atoms with Gasteiger partial charge in [0.15, 0.2) is 5.82 Å². The Labute approximate surface area is 129 Å². The summed E-state index contributed by atoms with van der Waals surface area (Å²) in [4.78, 5) is 7.14. The molecule has 2 heterocycles. The van der Waals surface area contributed by atoms with Crippen LogP contribution in [0.15, 0.2) is 10.6 Å². The van der Waals surface area contributed by atoms with Crippen molar-refractivity contribution in [1.29, 1.82) is 0 Å². The number of likely N-dealkylation sites (N-methyl/N-ethyl adjacent to an activating group) is 1. The van der Waals surface area contributed by atoms with Crippen LogP contribution in [0.25, 0.3) is 10.8 Å². The lowest BCUT2D eigenvalue weighted by Crippen LogP contribution is -2.24. The van der Waals surface area contributed by atoms with Crippen LogP contribution >= 0.6 is 23.7 Å². The van der Waals surface area contributed by atoms with Crippen LogP contribution < -0.4 is 5.32 Å². The summed E-state index contributed by atoms with van der Waals surface area (Å²) in [5, 5.41) is 7.25. The summed E-state index contributed by atoms with van der Waals surface area (Å²) < 4.78 is 5.40. The van der Waals surface area contributed by atoms with E-state index in [1.165, 1.54) is 36.1 Å². The van der Waals surface area contributed by atoms with Crippen molar-refractivity contribution in [1.82, 2.24) is 15.5 Å². The molecule has 0 saturated carbocycles. The Kier molecular flexibility index (Phi) is 5.18. The maximum Gasteiger partial charge on any atom is 0.268 e. The Hall–Kier alpha value is -0.910. The zero-order valence-corrected chi connectivity index (χ0v) is 13.4. The summed E-state index contributed by atoms with van der Waals surface area (Å²) >= 11 is 1.81. The largest absolute Gasteiger partial charge is 0.333 e. The average Bonchev–Trinajstić information content (AvgIpc) is 3.04. The Bertz CT molecular complexity index is 543. The molecule has 1 atom stereocenters. The van der Waals surface area contributed by atoms with Crippen molar-refractivity contribution in [3.05, 3.63) is 22.3 Å². The SMILES string of the molecule is CNC(C)Cc1noc(-c2cc3c(s2)CCCC3)n1.Cl. The Morgan fingerprint density at radius 1 is 1.40 bits per heavy atom. The number of rotatable bonds is 4. The highest BCUT2D eigenvalue weighted by Crippen LogP contribution is 2.34. The highest BCUT2D eigenvalue weighted by atomic mass is 35.5. The van der Waals surface area contributed by atoms with Crippen LogP contribution in [-0.4, -0.2) is 23.2 Å². The van der Waals surface area contributed by atoms with E-state index < -0.39 is 0 Å². The van der Waals surface area contributed by atoms with Crippen LogP contribution in [-0.2, 0) is 19.3 Å². The number of nitrogens with zero attached hydrogens (tertiary/aromatic N) is 2. The minimum Gasteiger partial charge on any atom is -0.333 e. The lowest BCUT2D eigenvalue weighted by Gasteiger charge is -2.08. The molecular weight excluding hydrogens is 294 g/mol. The van der Waals surface area contributed by atoms with Crippen molar-refractivity contribution in [3.8, 4) is 10.8 Å². The second-order valence-electron chi connectivity index (χ2n) is 5.18. The first-order valence-electron chi connectivity index (χ1n) is 6.88. The van der Waals surface area contributed by atoms with Crippen LogP contribution in [0, 0.1) is 0 Å². The summed E-state index contributed by atoms with van der Waals surface area (Å²) in [6.45, 7) is 2.11. The minimum absolute atomic E-state index is 0. The Morgan fingerprint density at radius 3 is 2.95 bits per heavy atom. The van der Waals surface area contributed by atoms with E-state index in [0.717, 1.165) is 17.1 Å². The molecule has 1 aliphatic rings. The fourth-order valence-corrected chi connectivity index (χ4v) is 3.58. The van der Waals surface area contributed by atoms with Gasteiger partial charge in [-0.3, -0.25) is 0 Å². The molecule has 2 aromatic rings. The van der Waals surface area contributed by atoms with Crippen molar-refractivity contribution >= 4 is 23.7 Å². The predicted octanol–water partition coefficient (Wildman–Crippen LogP) is 3.25. The van der Waals surface area contributed by atoms with E-state index in [1.807, 2.05) is 18.4 Å². The van der Waals surface area contributed by atoms with Crippen LogP contribution in [0.2, 0.25) is 0 Å². The first kappa shape index (κ1) is 15.5. The first-order chi connectivity index (χ1) is 9.26. The van der Waals surface area contributed by atoms with Gasteiger partial charge >= 0.3 is 0 Å². The fraction of sp³-hybridized carbons (Fsp3) is 0.571. The Balaban J connectivity index is 0.00000147. The maximum atomic E-state index is 5.40. The summed E-state index contributed by atoms with van der Waals surface area (Å²) in [5.74, 6) is 1.46. The van der Waals surface area contributed by atoms with Gasteiger partial charge in [-0.25, -0.2) is 0 Å². The van der Waals surface area contributed by atoms with Crippen molar-refractivity contribution in [2.45, 2.75) is 45.1 Å². The molecule has 0 amide bonds. The van der Waals surface area contributed by atoms with Gasteiger partial charge in [0.05, 0.1) is 4.88 Å². The third-order valence-electron chi connectivity index (χ3n) is 3.66. The molecule has 6 heteroatoms. The predicted molar refractivity (Wildman–Crippen MR) is 83.7 cm³/mol. The summed E-state index contributed by atoms with van der Waals surface area (Å²) in [5.41, 5.74) is 1.48. The summed E-state index contributed by atoms with van der Waals surface area (Å²) in [7, 11) is 1.94. The quantitative estimate of drug-likeness (QED) is 0.941. The maximum absolute atomic E-state index is 5.40. The summed E-state index contributed by atoms with van der Waals surface area (Å²) in [6, 6.07) is 2.60. The third kappa shape index (κ3) is 3.22. The highest BCUT2D eigenvalue weighted by molar-refractivity contribution is 7.15. The molecule has 4 nitrogen and oxygen atoms in total. The normalized spacial score (nSPS) is 15.5. The Morgan fingerprint density at radius 2 is 2.20 bits per heavy atom. The van der Waals surface area contributed by atoms with E-state index in [4.69, 9.17) is 4.52 Å². The van der Waals surface area contributed by atoms with Crippen LogP contribution in [0.3, 0.4) is 0 Å². The number of nitrogens with one attached hydrogen (secondary N) is 1. The van der Waals surface area contributed by atoms with Gasteiger partial charge in [-0.15, -0.1) is 23.7 Å². The molecule has 1 aliphatic carbocycles. The highest BCUT2D eigenvalue weighted by Gasteiger charge is 2.18. The molecule has 0 aliphatic heterocycles. The second-order valence-corrected chi connectivity index (χ2v) is 6.31. The van der Waals surface area contributed by atoms with Gasteiger partial charge in [0.1, 0.15) is 0 Å². The van der Waals surface area contributed by atoms with Gasteiger partial charge in [0.25, 0.3) is 5.89 Å². The zero-order valence-electron chi connectivity index (χ0n) is 11.8. The molecular formula is C14H20ClN3OS. The monoisotopic (exact) mass is 313 g/mol. The van der Waals surface area contributed by atoms with Gasteiger partial charge in [0.2, 0.25) is 0 Å². The van der Waals surface area contributed by atoms with Crippen LogP contribution in [0.4, 0.5) is 0 Å². The van der Waals surface area contributed by atoms with E-state index in [0.29, 0.717) is 11.9 Å². The van der Waals surface area contributed by atoms with Crippen LogP contribution in [0.1, 0.15) is 36.0 Å². The van der Waals surface area contributed by atoms with E-state index in [2.05, 4.69) is 28.4 Å². The van der Waals surface area contributed by atoms with Gasteiger partial charge < -0.3 is 9.84 Å². The van der Waals surface area contributed by atoms with E-state index in [9.17, 15) is 0 Å². The van der Waals surface area contributed by atoms with Gasteiger partial charge in [-0.2, -0.15) is 4.98 Å². The first-order valence-corrected chi connectivity index (χ1v) is 7.69. The minimum atomic E-state index is 0. The second kappa shape index (κ2) is 6.70. The lowest BCUT2D eigenvalue weighted by atomic mass is 9.99. The molecule has 0 spiro atoms. The van der Waals surface area contributed by atoms with Crippen LogP contribution in [0.5, 0.6) is 0 Å². The van der Waals surface area contributed by atoms with Gasteiger partial charge in [-0.05, 0) is 51.3 Å². The average molecular weight is 314 g/mol. The smallest absolute Gasteiger partial charge is 0.268 e. The molecule has 1 N–H and O–H groups in total. The van der Waals surface area contributed by atoms with E-state index in [1.54, 1.807) is 0 Å². The molecule has 0 saturated heterocycles. The van der Waals surface area contributed by atoms with Crippen molar-refractivity contribution in [2.75, 3.05) is 7.05 Å². The van der Waals surface area contributed by atoms with Gasteiger partial charge in [-0.1, -0.05) is 5.16 Å². The molecule has 0 radical (unpaired) electrons.